The molecule has 0 bridgehead atoms. The molecule has 0 aliphatic carbocycles. The molecule has 0 fully saturated rings. The van der Waals surface area contributed by atoms with Crippen LogP contribution in [0.25, 0.3) is 0 Å². The summed E-state index contributed by atoms with van der Waals surface area (Å²) in [5.74, 6) is -0.187. The van der Waals surface area contributed by atoms with Gasteiger partial charge in [-0.25, -0.2) is 5.43 Å². The van der Waals surface area contributed by atoms with Crippen LogP contribution in [0.2, 0.25) is 0 Å². The van der Waals surface area contributed by atoms with Crippen LogP contribution in [0, 0.1) is 6.92 Å². The predicted molar refractivity (Wildman–Crippen MR) is 101 cm³/mol. The van der Waals surface area contributed by atoms with Crippen LogP contribution in [0.15, 0.2) is 53.6 Å². The molecule has 126 valence electrons. The molecule has 1 amide bonds. The largest absolute Gasteiger partial charge is 0.271 e. The molecule has 0 aliphatic heterocycles. The number of amides is 1. The highest BCUT2D eigenvalue weighted by Crippen LogP contribution is 2.22. The molecule has 3 heteroatoms. The Kier molecular flexibility index (Phi) is 5.55. The number of hydrogen-bond acceptors (Lipinski definition) is 2. The monoisotopic (exact) mass is 322 g/mol. The molecule has 0 radical (unpaired) electrons. The molecule has 0 saturated carbocycles. The maximum absolute atomic E-state index is 12.3. The number of rotatable bonds is 4. The number of aryl methyl sites for hydroxylation is 1. The van der Waals surface area contributed by atoms with E-state index in [2.05, 4.69) is 38.2 Å². The van der Waals surface area contributed by atoms with Gasteiger partial charge in [-0.15, -0.1) is 0 Å². The first-order valence-electron chi connectivity index (χ1n) is 8.35. The fraction of sp³-hybridized carbons (Fsp3) is 0.333. The summed E-state index contributed by atoms with van der Waals surface area (Å²) in [6.07, 6.45) is 0.756. The van der Waals surface area contributed by atoms with Crippen molar-refractivity contribution in [2.24, 2.45) is 5.10 Å². The maximum Gasteiger partial charge on any atom is 0.271 e. The molecule has 2 rings (SSSR count). The van der Waals surface area contributed by atoms with E-state index >= 15 is 0 Å². The van der Waals surface area contributed by atoms with E-state index in [1.54, 1.807) is 0 Å². The Bertz CT molecular complexity index is 720. The Hall–Kier alpha value is -2.42. The third-order valence-electron chi connectivity index (χ3n) is 4.03. The first kappa shape index (κ1) is 17.9. The summed E-state index contributed by atoms with van der Waals surface area (Å²) in [5, 5.41) is 4.31. The second kappa shape index (κ2) is 7.43. The number of hydrogen-bond donors (Lipinski definition) is 1. The lowest BCUT2D eigenvalue weighted by molar-refractivity contribution is 0.0954. The van der Waals surface area contributed by atoms with E-state index < -0.39 is 0 Å². The molecular weight excluding hydrogens is 296 g/mol. The van der Waals surface area contributed by atoms with Crippen molar-refractivity contribution >= 4 is 11.6 Å². The van der Waals surface area contributed by atoms with Gasteiger partial charge in [-0.3, -0.25) is 4.79 Å². The quantitative estimate of drug-likeness (QED) is 0.635. The van der Waals surface area contributed by atoms with Crippen LogP contribution in [0.5, 0.6) is 0 Å². The Morgan fingerprint density at radius 3 is 2.00 bits per heavy atom. The summed E-state index contributed by atoms with van der Waals surface area (Å²) >= 11 is 0. The Labute approximate surface area is 144 Å². The molecule has 2 aromatic carbocycles. The lowest BCUT2D eigenvalue weighted by Gasteiger charge is -2.18. The summed E-state index contributed by atoms with van der Waals surface area (Å²) in [4.78, 5) is 12.3. The van der Waals surface area contributed by atoms with Crippen molar-refractivity contribution in [1.82, 2.24) is 5.43 Å². The molecule has 0 aromatic heterocycles. The minimum atomic E-state index is -0.187. The maximum atomic E-state index is 12.3. The topological polar surface area (TPSA) is 41.5 Å². The molecule has 0 spiro atoms. The SMILES string of the molecule is CCC(=NNC(=O)c1ccc(C(C)(C)C)cc1)c1ccc(C)cc1. The summed E-state index contributed by atoms with van der Waals surface area (Å²) in [6.45, 7) is 10.5. The van der Waals surface area contributed by atoms with E-state index in [0.717, 1.165) is 17.7 Å². The van der Waals surface area contributed by atoms with Crippen molar-refractivity contribution in [2.45, 2.75) is 46.5 Å². The van der Waals surface area contributed by atoms with Crippen LogP contribution < -0.4 is 5.43 Å². The van der Waals surface area contributed by atoms with Crippen LogP contribution >= 0.6 is 0 Å². The summed E-state index contributed by atoms with van der Waals surface area (Å²) < 4.78 is 0. The highest BCUT2D eigenvalue weighted by Gasteiger charge is 2.14. The van der Waals surface area contributed by atoms with Gasteiger partial charge in [0.2, 0.25) is 0 Å². The molecule has 0 atom stereocenters. The summed E-state index contributed by atoms with van der Waals surface area (Å²) in [7, 11) is 0. The fourth-order valence-electron chi connectivity index (χ4n) is 2.40. The second-order valence-electron chi connectivity index (χ2n) is 7.05. The van der Waals surface area contributed by atoms with Gasteiger partial charge in [-0.05, 0) is 42.0 Å². The third kappa shape index (κ3) is 4.54. The van der Waals surface area contributed by atoms with Gasteiger partial charge in [-0.1, -0.05) is 69.7 Å². The highest BCUT2D eigenvalue weighted by molar-refractivity contribution is 6.02. The van der Waals surface area contributed by atoms with Gasteiger partial charge >= 0.3 is 0 Å². The lowest BCUT2D eigenvalue weighted by Crippen LogP contribution is -2.20. The summed E-state index contributed by atoms with van der Waals surface area (Å²) in [6, 6.07) is 15.9. The van der Waals surface area contributed by atoms with Crippen molar-refractivity contribution in [3.63, 3.8) is 0 Å². The van der Waals surface area contributed by atoms with Gasteiger partial charge in [-0.2, -0.15) is 5.10 Å². The number of hydrazone groups is 1. The van der Waals surface area contributed by atoms with E-state index in [-0.39, 0.29) is 11.3 Å². The molecule has 2 aromatic rings. The van der Waals surface area contributed by atoms with E-state index in [9.17, 15) is 4.79 Å². The van der Waals surface area contributed by atoms with E-state index in [4.69, 9.17) is 0 Å². The van der Waals surface area contributed by atoms with Crippen molar-refractivity contribution in [1.29, 1.82) is 0 Å². The average Bonchev–Trinajstić information content (AvgIpc) is 2.56. The van der Waals surface area contributed by atoms with Crippen molar-refractivity contribution < 1.29 is 4.79 Å². The minimum absolute atomic E-state index is 0.0774. The molecule has 0 unspecified atom stereocenters. The first-order chi connectivity index (χ1) is 11.3. The van der Waals surface area contributed by atoms with Crippen molar-refractivity contribution in [3.05, 3.63) is 70.8 Å². The number of carbonyl (C=O) groups is 1. The van der Waals surface area contributed by atoms with Crippen LogP contribution in [-0.2, 0) is 5.41 Å². The van der Waals surface area contributed by atoms with Crippen molar-refractivity contribution in [3.8, 4) is 0 Å². The normalized spacial score (nSPS) is 12.1. The molecule has 0 heterocycles. The molecule has 3 nitrogen and oxygen atoms in total. The van der Waals surface area contributed by atoms with Crippen LogP contribution in [0.4, 0.5) is 0 Å². The third-order valence-corrected chi connectivity index (χ3v) is 4.03. The molecule has 1 N–H and O–H groups in total. The van der Waals surface area contributed by atoms with Gasteiger partial charge in [0, 0.05) is 5.56 Å². The van der Waals surface area contributed by atoms with Gasteiger partial charge in [0.25, 0.3) is 5.91 Å². The lowest BCUT2D eigenvalue weighted by atomic mass is 9.87. The first-order valence-corrected chi connectivity index (χ1v) is 8.35. The number of carbonyl (C=O) groups excluding carboxylic acids is 1. The second-order valence-corrected chi connectivity index (χ2v) is 7.05. The Morgan fingerprint density at radius 1 is 0.958 bits per heavy atom. The standard InChI is InChI=1S/C21H26N2O/c1-6-19(16-9-7-15(2)8-10-16)22-23-20(24)17-11-13-18(14-12-17)21(3,4)5/h7-14H,6H2,1-5H3,(H,23,24). The van der Waals surface area contributed by atoms with Crippen LogP contribution in [0.1, 0.15) is 61.2 Å². The Balaban J connectivity index is 2.11. The smallest absolute Gasteiger partial charge is 0.267 e. The van der Waals surface area contributed by atoms with Gasteiger partial charge in [0.1, 0.15) is 0 Å². The van der Waals surface area contributed by atoms with E-state index in [1.807, 2.05) is 55.5 Å². The minimum Gasteiger partial charge on any atom is -0.267 e. The van der Waals surface area contributed by atoms with Crippen molar-refractivity contribution in [2.75, 3.05) is 0 Å². The zero-order valence-electron chi connectivity index (χ0n) is 15.2. The summed E-state index contributed by atoms with van der Waals surface area (Å²) in [5.41, 5.74) is 7.68. The molecular formula is C21H26N2O. The Morgan fingerprint density at radius 2 is 1.50 bits per heavy atom. The zero-order valence-corrected chi connectivity index (χ0v) is 15.2. The van der Waals surface area contributed by atoms with Gasteiger partial charge < -0.3 is 0 Å². The highest BCUT2D eigenvalue weighted by atomic mass is 16.2. The van der Waals surface area contributed by atoms with Gasteiger partial charge in [0.15, 0.2) is 0 Å². The molecule has 0 saturated heterocycles. The van der Waals surface area contributed by atoms with Crippen LogP contribution in [0.3, 0.4) is 0 Å². The number of benzene rings is 2. The molecule has 0 aliphatic rings. The fourth-order valence-corrected chi connectivity index (χ4v) is 2.40. The van der Waals surface area contributed by atoms with Crippen LogP contribution in [-0.4, -0.2) is 11.6 Å². The number of nitrogens with one attached hydrogen (secondary N) is 1. The average molecular weight is 322 g/mol. The van der Waals surface area contributed by atoms with E-state index in [1.165, 1.54) is 11.1 Å². The number of nitrogens with zero attached hydrogens (tertiary/aromatic N) is 1. The van der Waals surface area contributed by atoms with E-state index in [0.29, 0.717) is 5.56 Å². The van der Waals surface area contributed by atoms with Gasteiger partial charge in [0.05, 0.1) is 5.71 Å². The zero-order chi connectivity index (χ0) is 17.7. The predicted octanol–water partition coefficient (Wildman–Crippen LogP) is 4.84. The molecule has 24 heavy (non-hydrogen) atoms.